The normalized spacial score (nSPS) is 22.5. The van der Waals surface area contributed by atoms with E-state index >= 15 is 0 Å². The van der Waals surface area contributed by atoms with Crippen molar-refractivity contribution in [3.8, 4) is 5.75 Å². The monoisotopic (exact) mass is 378 g/mol. The van der Waals surface area contributed by atoms with Crippen molar-refractivity contribution in [3.63, 3.8) is 0 Å². The van der Waals surface area contributed by atoms with Gasteiger partial charge in [-0.1, -0.05) is 36.8 Å². The highest BCUT2D eigenvalue weighted by atomic mass is 16.5. The third-order valence-electron chi connectivity index (χ3n) is 5.56. The first-order valence-electron chi connectivity index (χ1n) is 10.5. The standard InChI is InChI=1S/C24H30N2O2/c1-19-23(20-9-4-2-5-10-20)28-24(25-19)21-11-13-22(14-12-21)27-18-8-17-26-15-6-3-7-16-26/h2,4-5,9-14,19,23H,3,6-8,15-18H2,1H3/t19-,23-/m0/s1. The van der Waals surface area contributed by atoms with Crippen LogP contribution < -0.4 is 4.74 Å². The van der Waals surface area contributed by atoms with E-state index in [4.69, 9.17) is 14.5 Å². The van der Waals surface area contributed by atoms with Gasteiger partial charge in [0, 0.05) is 12.1 Å². The van der Waals surface area contributed by atoms with Crippen molar-refractivity contribution in [1.29, 1.82) is 0 Å². The molecule has 2 heterocycles. The lowest BCUT2D eigenvalue weighted by atomic mass is 10.0. The number of nitrogens with zero attached hydrogens (tertiary/aromatic N) is 2. The second kappa shape index (κ2) is 9.24. The number of piperidine rings is 1. The first-order chi connectivity index (χ1) is 13.8. The minimum absolute atomic E-state index is 0.0121. The quantitative estimate of drug-likeness (QED) is 0.646. The van der Waals surface area contributed by atoms with Gasteiger partial charge in [-0.05, 0) is 69.1 Å². The molecule has 0 bridgehead atoms. The van der Waals surface area contributed by atoms with Gasteiger partial charge in [-0.3, -0.25) is 0 Å². The number of aliphatic imine (C=N–C) groups is 1. The zero-order chi connectivity index (χ0) is 19.2. The predicted molar refractivity (Wildman–Crippen MR) is 113 cm³/mol. The van der Waals surface area contributed by atoms with Crippen LogP contribution in [-0.4, -0.2) is 43.1 Å². The second-order valence-electron chi connectivity index (χ2n) is 7.75. The summed E-state index contributed by atoms with van der Waals surface area (Å²) >= 11 is 0. The molecule has 1 saturated heterocycles. The van der Waals surface area contributed by atoms with Crippen LogP contribution >= 0.6 is 0 Å². The first-order valence-corrected chi connectivity index (χ1v) is 10.5. The van der Waals surface area contributed by atoms with E-state index < -0.39 is 0 Å². The average molecular weight is 379 g/mol. The van der Waals surface area contributed by atoms with Crippen LogP contribution in [0.3, 0.4) is 0 Å². The molecule has 0 radical (unpaired) electrons. The fraction of sp³-hybridized carbons (Fsp3) is 0.458. The molecule has 4 heteroatoms. The lowest BCUT2D eigenvalue weighted by Gasteiger charge is -2.26. The molecule has 28 heavy (non-hydrogen) atoms. The number of hydrogen-bond donors (Lipinski definition) is 0. The highest BCUT2D eigenvalue weighted by molar-refractivity contribution is 5.95. The van der Waals surface area contributed by atoms with Crippen molar-refractivity contribution < 1.29 is 9.47 Å². The fourth-order valence-corrected chi connectivity index (χ4v) is 3.99. The van der Waals surface area contributed by atoms with Crippen LogP contribution in [0.1, 0.15) is 49.8 Å². The van der Waals surface area contributed by atoms with E-state index in [9.17, 15) is 0 Å². The number of likely N-dealkylation sites (tertiary alicyclic amines) is 1. The van der Waals surface area contributed by atoms with Gasteiger partial charge in [0.2, 0.25) is 5.90 Å². The van der Waals surface area contributed by atoms with Gasteiger partial charge in [-0.25, -0.2) is 4.99 Å². The first kappa shape index (κ1) is 19.0. The van der Waals surface area contributed by atoms with E-state index in [1.165, 1.54) is 37.9 Å². The Kier molecular flexibility index (Phi) is 6.27. The van der Waals surface area contributed by atoms with Crippen LogP contribution in [0, 0.1) is 0 Å². The summed E-state index contributed by atoms with van der Waals surface area (Å²) < 4.78 is 12.1. The molecular weight excluding hydrogens is 348 g/mol. The van der Waals surface area contributed by atoms with Gasteiger partial charge in [0.1, 0.15) is 11.9 Å². The minimum atomic E-state index is -0.0121. The van der Waals surface area contributed by atoms with Gasteiger partial charge in [-0.15, -0.1) is 0 Å². The Morgan fingerprint density at radius 2 is 1.75 bits per heavy atom. The molecule has 0 spiro atoms. The Hall–Kier alpha value is -2.33. The smallest absolute Gasteiger partial charge is 0.217 e. The van der Waals surface area contributed by atoms with Crippen molar-refractivity contribution in [3.05, 3.63) is 65.7 Å². The molecule has 0 unspecified atom stereocenters. The van der Waals surface area contributed by atoms with Crippen LogP contribution in [0.25, 0.3) is 0 Å². The van der Waals surface area contributed by atoms with Crippen molar-refractivity contribution in [2.75, 3.05) is 26.2 Å². The summed E-state index contributed by atoms with van der Waals surface area (Å²) in [6.07, 6.45) is 5.14. The van der Waals surface area contributed by atoms with Crippen LogP contribution in [0.4, 0.5) is 0 Å². The molecule has 0 aliphatic carbocycles. The Bertz CT molecular complexity index is 767. The predicted octanol–water partition coefficient (Wildman–Crippen LogP) is 4.85. The zero-order valence-corrected chi connectivity index (χ0v) is 16.7. The van der Waals surface area contributed by atoms with Crippen LogP contribution in [0.5, 0.6) is 5.75 Å². The number of benzene rings is 2. The summed E-state index contributed by atoms with van der Waals surface area (Å²) in [7, 11) is 0. The Labute approximate surface area is 168 Å². The molecular formula is C24H30N2O2. The topological polar surface area (TPSA) is 34.1 Å². The molecule has 0 N–H and O–H groups in total. The number of hydrogen-bond acceptors (Lipinski definition) is 4. The lowest BCUT2D eigenvalue weighted by molar-refractivity contribution is 0.202. The third-order valence-corrected chi connectivity index (χ3v) is 5.56. The SMILES string of the molecule is C[C@@H]1N=C(c2ccc(OCCCN3CCCCC3)cc2)O[C@@H]1c1ccccc1. The van der Waals surface area contributed by atoms with Gasteiger partial charge < -0.3 is 14.4 Å². The maximum absolute atomic E-state index is 6.16. The molecule has 2 aromatic carbocycles. The highest BCUT2D eigenvalue weighted by Gasteiger charge is 2.29. The molecule has 1 fully saturated rings. The van der Waals surface area contributed by atoms with Gasteiger partial charge in [0.15, 0.2) is 0 Å². The molecule has 0 amide bonds. The van der Waals surface area contributed by atoms with Crippen LogP contribution in [0.2, 0.25) is 0 Å². The summed E-state index contributed by atoms with van der Waals surface area (Å²) in [5.41, 5.74) is 2.17. The number of ether oxygens (including phenoxy) is 2. The fourth-order valence-electron chi connectivity index (χ4n) is 3.99. The molecule has 0 saturated carbocycles. The highest BCUT2D eigenvalue weighted by Crippen LogP contribution is 2.31. The maximum atomic E-state index is 6.16. The molecule has 2 atom stereocenters. The largest absolute Gasteiger partial charge is 0.494 e. The van der Waals surface area contributed by atoms with E-state index in [1.54, 1.807) is 0 Å². The summed E-state index contributed by atoms with van der Waals surface area (Å²) in [4.78, 5) is 7.27. The van der Waals surface area contributed by atoms with Gasteiger partial charge in [0.25, 0.3) is 0 Å². The van der Waals surface area contributed by atoms with Crippen LogP contribution in [0.15, 0.2) is 59.6 Å². The van der Waals surface area contributed by atoms with Crippen molar-refractivity contribution >= 4 is 5.90 Å². The van der Waals surface area contributed by atoms with Crippen LogP contribution in [-0.2, 0) is 4.74 Å². The summed E-state index contributed by atoms with van der Waals surface area (Å²) in [5, 5.41) is 0. The van der Waals surface area contributed by atoms with E-state index in [1.807, 2.05) is 42.5 Å². The van der Waals surface area contributed by atoms with Crippen molar-refractivity contribution in [2.24, 2.45) is 4.99 Å². The number of rotatable bonds is 7. The van der Waals surface area contributed by atoms with E-state index in [-0.39, 0.29) is 12.1 Å². The molecule has 2 aliphatic heterocycles. The second-order valence-corrected chi connectivity index (χ2v) is 7.75. The Morgan fingerprint density at radius 3 is 2.50 bits per heavy atom. The lowest BCUT2D eigenvalue weighted by Crippen LogP contribution is -2.31. The summed E-state index contributed by atoms with van der Waals surface area (Å²) in [6.45, 7) is 6.50. The molecule has 2 aromatic rings. The summed E-state index contributed by atoms with van der Waals surface area (Å²) in [6, 6.07) is 18.5. The summed E-state index contributed by atoms with van der Waals surface area (Å²) in [5.74, 6) is 1.63. The molecule has 2 aliphatic rings. The molecule has 4 nitrogen and oxygen atoms in total. The van der Waals surface area contributed by atoms with Gasteiger partial charge >= 0.3 is 0 Å². The van der Waals surface area contributed by atoms with E-state index in [2.05, 4.69) is 24.0 Å². The maximum Gasteiger partial charge on any atom is 0.217 e. The molecule has 148 valence electrons. The third kappa shape index (κ3) is 4.74. The van der Waals surface area contributed by atoms with E-state index in [0.29, 0.717) is 0 Å². The van der Waals surface area contributed by atoms with Crippen molar-refractivity contribution in [2.45, 2.75) is 44.8 Å². The Morgan fingerprint density at radius 1 is 1.00 bits per heavy atom. The molecule has 0 aromatic heterocycles. The minimum Gasteiger partial charge on any atom is -0.494 e. The average Bonchev–Trinajstić information content (AvgIpc) is 3.15. The van der Waals surface area contributed by atoms with Crippen molar-refractivity contribution in [1.82, 2.24) is 4.90 Å². The van der Waals surface area contributed by atoms with Gasteiger partial charge in [-0.2, -0.15) is 0 Å². The van der Waals surface area contributed by atoms with Gasteiger partial charge in [0.05, 0.1) is 12.6 Å². The zero-order valence-electron chi connectivity index (χ0n) is 16.7. The van der Waals surface area contributed by atoms with E-state index in [0.717, 1.165) is 36.8 Å². The Balaban J connectivity index is 1.27. The molecule has 4 rings (SSSR count).